The minimum absolute atomic E-state index is 0.588. The maximum Gasteiger partial charge on any atom is 0.114 e. The Morgan fingerprint density at radius 3 is 2.89 bits per heavy atom. The van der Waals surface area contributed by atoms with Crippen molar-refractivity contribution in [3.05, 3.63) is 35.9 Å². The van der Waals surface area contributed by atoms with Crippen LogP contribution in [0.15, 0.2) is 24.5 Å². The van der Waals surface area contributed by atoms with Crippen LogP contribution < -0.4 is 5.73 Å². The molecule has 1 saturated heterocycles. The predicted octanol–water partition coefficient (Wildman–Crippen LogP) is 1.43. The van der Waals surface area contributed by atoms with E-state index in [1.807, 2.05) is 6.20 Å². The van der Waals surface area contributed by atoms with E-state index in [0.29, 0.717) is 6.54 Å². The molecule has 1 aliphatic heterocycles. The molecule has 0 aromatic carbocycles. The average Bonchev–Trinajstić information content (AvgIpc) is 3.05. The molecule has 0 unspecified atom stereocenters. The van der Waals surface area contributed by atoms with Crippen molar-refractivity contribution in [2.45, 2.75) is 25.8 Å². The van der Waals surface area contributed by atoms with Crippen LogP contribution in [0.1, 0.15) is 24.2 Å². The zero-order valence-corrected chi connectivity index (χ0v) is 10.7. The van der Waals surface area contributed by atoms with Crippen molar-refractivity contribution in [3.63, 3.8) is 0 Å². The van der Waals surface area contributed by atoms with Gasteiger partial charge in [0.2, 0.25) is 0 Å². The lowest BCUT2D eigenvalue weighted by Gasteiger charge is -2.13. The highest BCUT2D eigenvalue weighted by Gasteiger charge is 2.12. The molecule has 0 aliphatic carbocycles. The van der Waals surface area contributed by atoms with Crippen LogP contribution in [0.3, 0.4) is 0 Å². The smallest absolute Gasteiger partial charge is 0.114 e. The van der Waals surface area contributed by atoms with Crippen molar-refractivity contribution in [3.8, 4) is 0 Å². The second kappa shape index (κ2) is 5.08. The summed E-state index contributed by atoms with van der Waals surface area (Å²) in [6.45, 7) is 4.21. The fourth-order valence-corrected chi connectivity index (χ4v) is 2.68. The number of aromatic nitrogens is 2. The number of imidazole rings is 1. The Morgan fingerprint density at radius 2 is 2.11 bits per heavy atom. The molecule has 4 heteroatoms. The largest absolute Gasteiger partial charge is 0.326 e. The third kappa shape index (κ3) is 2.26. The van der Waals surface area contributed by atoms with Crippen molar-refractivity contribution in [2.24, 2.45) is 5.73 Å². The van der Waals surface area contributed by atoms with Gasteiger partial charge in [0.15, 0.2) is 0 Å². The average molecular weight is 244 g/mol. The fraction of sp³-hybridized carbons (Fsp3) is 0.500. The number of pyridine rings is 1. The van der Waals surface area contributed by atoms with Gasteiger partial charge < -0.3 is 15.0 Å². The topological polar surface area (TPSA) is 46.6 Å². The van der Waals surface area contributed by atoms with Crippen molar-refractivity contribution in [1.29, 1.82) is 0 Å². The Bertz CT molecular complexity index is 526. The minimum Gasteiger partial charge on any atom is -0.326 e. The quantitative estimate of drug-likeness (QED) is 0.885. The van der Waals surface area contributed by atoms with E-state index in [2.05, 4.69) is 32.6 Å². The highest BCUT2D eigenvalue weighted by molar-refractivity contribution is 5.48. The number of hydrogen-bond acceptors (Lipinski definition) is 3. The molecule has 0 bridgehead atoms. The van der Waals surface area contributed by atoms with E-state index >= 15 is 0 Å². The molecular formula is C14H20N4. The second-order valence-electron chi connectivity index (χ2n) is 5.01. The van der Waals surface area contributed by atoms with E-state index in [1.165, 1.54) is 25.9 Å². The second-order valence-corrected chi connectivity index (χ2v) is 5.01. The molecule has 0 radical (unpaired) electrons. The zero-order valence-electron chi connectivity index (χ0n) is 10.7. The maximum absolute atomic E-state index is 5.65. The fourth-order valence-electron chi connectivity index (χ4n) is 2.68. The first-order valence-electron chi connectivity index (χ1n) is 6.74. The Kier molecular flexibility index (Phi) is 3.30. The zero-order chi connectivity index (χ0) is 12.4. The number of hydrogen-bond donors (Lipinski definition) is 1. The first kappa shape index (κ1) is 11.7. The molecule has 96 valence electrons. The van der Waals surface area contributed by atoms with Gasteiger partial charge in [-0.25, -0.2) is 4.98 Å². The summed E-state index contributed by atoms with van der Waals surface area (Å²) in [5, 5.41) is 0. The molecule has 1 fully saturated rings. The molecule has 0 spiro atoms. The highest BCUT2D eigenvalue weighted by atomic mass is 15.1. The SMILES string of the molecule is NCc1ccn2c(CCN3CCCC3)ncc2c1. The number of fused-ring (bicyclic) bond motifs is 1. The third-order valence-electron chi connectivity index (χ3n) is 3.76. The van der Waals surface area contributed by atoms with E-state index in [4.69, 9.17) is 5.73 Å². The number of likely N-dealkylation sites (tertiary alicyclic amines) is 1. The highest BCUT2D eigenvalue weighted by Crippen LogP contribution is 2.12. The Morgan fingerprint density at radius 1 is 1.28 bits per heavy atom. The van der Waals surface area contributed by atoms with E-state index in [0.717, 1.165) is 29.9 Å². The summed E-state index contributed by atoms with van der Waals surface area (Å²) < 4.78 is 2.18. The molecule has 4 nitrogen and oxygen atoms in total. The number of rotatable bonds is 4. The van der Waals surface area contributed by atoms with Crippen LogP contribution in [0.4, 0.5) is 0 Å². The third-order valence-corrected chi connectivity index (χ3v) is 3.76. The van der Waals surface area contributed by atoms with Crippen LogP contribution >= 0.6 is 0 Å². The van der Waals surface area contributed by atoms with Crippen molar-refractivity contribution < 1.29 is 0 Å². The monoisotopic (exact) mass is 244 g/mol. The van der Waals surface area contributed by atoms with E-state index in [-0.39, 0.29) is 0 Å². The van der Waals surface area contributed by atoms with Crippen LogP contribution in [-0.2, 0) is 13.0 Å². The van der Waals surface area contributed by atoms with Crippen molar-refractivity contribution >= 4 is 5.52 Å². The van der Waals surface area contributed by atoms with Gasteiger partial charge in [-0.15, -0.1) is 0 Å². The normalized spacial score (nSPS) is 16.7. The van der Waals surface area contributed by atoms with Gasteiger partial charge in [-0.05, 0) is 43.6 Å². The summed E-state index contributed by atoms with van der Waals surface area (Å²) >= 11 is 0. The first-order valence-corrected chi connectivity index (χ1v) is 6.74. The molecule has 2 aromatic heterocycles. The molecule has 0 saturated carbocycles. The molecular weight excluding hydrogens is 224 g/mol. The van der Waals surface area contributed by atoms with Crippen molar-refractivity contribution in [2.75, 3.05) is 19.6 Å². The summed E-state index contributed by atoms with van der Waals surface area (Å²) in [4.78, 5) is 7.05. The van der Waals surface area contributed by atoms with Crippen LogP contribution in [0.2, 0.25) is 0 Å². The number of nitrogens with zero attached hydrogens (tertiary/aromatic N) is 3. The molecule has 2 aromatic rings. The first-order chi connectivity index (χ1) is 8.86. The summed E-state index contributed by atoms with van der Waals surface area (Å²) in [6, 6.07) is 4.19. The molecule has 3 heterocycles. The van der Waals surface area contributed by atoms with Gasteiger partial charge in [0.25, 0.3) is 0 Å². The lowest BCUT2D eigenvalue weighted by Crippen LogP contribution is -2.22. The molecule has 3 rings (SSSR count). The lowest BCUT2D eigenvalue weighted by molar-refractivity contribution is 0.340. The molecule has 0 atom stereocenters. The summed E-state index contributed by atoms with van der Waals surface area (Å²) in [5.74, 6) is 1.15. The van der Waals surface area contributed by atoms with Gasteiger partial charge in [-0.3, -0.25) is 0 Å². The van der Waals surface area contributed by atoms with Crippen LogP contribution in [-0.4, -0.2) is 33.9 Å². The standard InChI is InChI=1S/C14H20N4/c15-10-12-3-8-18-13(9-12)11-16-14(18)4-7-17-5-1-2-6-17/h3,8-9,11H,1-2,4-7,10,15H2. The van der Waals surface area contributed by atoms with Crippen LogP contribution in [0.25, 0.3) is 5.52 Å². The Labute approximate surface area is 107 Å². The van der Waals surface area contributed by atoms with E-state index in [9.17, 15) is 0 Å². The Hall–Kier alpha value is -1.39. The van der Waals surface area contributed by atoms with Gasteiger partial charge >= 0.3 is 0 Å². The summed E-state index contributed by atoms with van der Waals surface area (Å²) in [6.07, 6.45) is 7.75. The van der Waals surface area contributed by atoms with Crippen LogP contribution in [0, 0.1) is 0 Å². The molecule has 2 N–H and O–H groups in total. The summed E-state index contributed by atoms with van der Waals surface area (Å²) in [7, 11) is 0. The summed E-state index contributed by atoms with van der Waals surface area (Å²) in [5.41, 5.74) is 7.96. The van der Waals surface area contributed by atoms with Crippen molar-refractivity contribution in [1.82, 2.24) is 14.3 Å². The number of nitrogens with two attached hydrogens (primary N) is 1. The van der Waals surface area contributed by atoms with Gasteiger partial charge in [0.05, 0.1) is 11.7 Å². The maximum atomic E-state index is 5.65. The van der Waals surface area contributed by atoms with Gasteiger partial charge in [0.1, 0.15) is 5.82 Å². The Balaban J connectivity index is 1.75. The van der Waals surface area contributed by atoms with E-state index in [1.54, 1.807) is 0 Å². The lowest BCUT2D eigenvalue weighted by atomic mass is 10.2. The van der Waals surface area contributed by atoms with Gasteiger partial charge in [-0.2, -0.15) is 0 Å². The minimum atomic E-state index is 0.588. The van der Waals surface area contributed by atoms with Crippen LogP contribution in [0.5, 0.6) is 0 Å². The van der Waals surface area contributed by atoms with E-state index < -0.39 is 0 Å². The molecule has 1 aliphatic rings. The van der Waals surface area contributed by atoms with Gasteiger partial charge in [-0.1, -0.05) is 0 Å². The predicted molar refractivity (Wildman–Crippen MR) is 72.5 cm³/mol. The molecule has 18 heavy (non-hydrogen) atoms. The molecule has 0 amide bonds. The van der Waals surface area contributed by atoms with Gasteiger partial charge in [0, 0.05) is 25.7 Å².